The molecule has 6 bridgehead atoms. The number of cyclic esters (lactones) is 1. The molecule has 196 valence electrons. The summed E-state index contributed by atoms with van der Waals surface area (Å²) in [6.07, 6.45) is 2.38. The van der Waals surface area contributed by atoms with Crippen molar-refractivity contribution in [3.8, 4) is 5.75 Å². The highest BCUT2D eigenvalue weighted by molar-refractivity contribution is 7.85. The topological polar surface area (TPSA) is 150 Å². The molecule has 6 aliphatic rings. The van der Waals surface area contributed by atoms with Crippen molar-refractivity contribution < 1.29 is 46.4 Å². The van der Waals surface area contributed by atoms with Crippen molar-refractivity contribution in [2.75, 3.05) is 0 Å². The third kappa shape index (κ3) is 3.92. The Hall–Kier alpha value is -2.97. The zero-order valence-electron chi connectivity index (χ0n) is 20.0. The predicted molar refractivity (Wildman–Crippen MR) is 121 cm³/mol. The zero-order valence-corrected chi connectivity index (χ0v) is 20.9. The van der Waals surface area contributed by atoms with Gasteiger partial charge in [-0.3, -0.25) is 23.7 Å². The van der Waals surface area contributed by atoms with Crippen LogP contribution in [-0.4, -0.2) is 43.0 Å². The molecule has 1 aliphatic heterocycles. The van der Waals surface area contributed by atoms with Crippen LogP contribution in [-0.2, 0) is 38.8 Å². The second-order valence-electron chi connectivity index (χ2n) is 11.4. The number of hydrogen-bond acceptors (Lipinski definition) is 9. The standard InChI is InChI=1S/C26H26O10S/c1-12-6-18-20(23(29)34-16-2-4-17(5-3-16)37(31,32)33)19(12)22(28)35-24(18)36-25(30)26-9-13-7-14(10-26)21(27)15(8-13)11-26/h2,4,12-15,18-20,24H,6-11H2,1H3,(H,31,32,33). The molecule has 37 heavy (non-hydrogen) atoms. The van der Waals surface area contributed by atoms with E-state index in [1.54, 1.807) is 0 Å². The Balaban J connectivity index is 1.20. The van der Waals surface area contributed by atoms with Gasteiger partial charge in [0.15, 0.2) is 5.75 Å². The van der Waals surface area contributed by atoms with Gasteiger partial charge < -0.3 is 14.2 Å². The molecule has 1 aromatic carbocycles. The fraction of sp³-hybridized carbons (Fsp3) is 0.615. The van der Waals surface area contributed by atoms with Crippen molar-refractivity contribution in [1.82, 2.24) is 0 Å². The van der Waals surface area contributed by atoms with Gasteiger partial charge in [-0.05, 0) is 74.6 Å². The van der Waals surface area contributed by atoms with Crippen molar-refractivity contribution in [2.45, 2.75) is 56.6 Å². The van der Waals surface area contributed by atoms with Gasteiger partial charge in [0.25, 0.3) is 6.29 Å². The van der Waals surface area contributed by atoms with E-state index < -0.39 is 62.4 Å². The molecule has 7 atom stereocenters. The lowest BCUT2D eigenvalue weighted by Crippen LogP contribution is -2.56. The highest BCUT2D eigenvalue weighted by Crippen LogP contribution is 2.59. The molecular weight excluding hydrogens is 504 g/mol. The number of hydrogen-bond donors (Lipinski definition) is 1. The van der Waals surface area contributed by atoms with Gasteiger partial charge >= 0.3 is 28.0 Å². The Morgan fingerprint density at radius 1 is 1.08 bits per heavy atom. The molecule has 1 aromatic rings. The Morgan fingerprint density at radius 3 is 2.41 bits per heavy atom. The molecule has 0 spiro atoms. The molecule has 1 N–H and O–H groups in total. The van der Waals surface area contributed by atoms with Crippen LogP contribution in [0.5, 0.6) is 5.75 Å². The normalized spacial score (nSPS) is 39.6. The van der Waals surface area contributed by atoms with Crippen molar-refractivity contribution >= 4 is 33.8 Å². The van der Waals surface area contributed by atoms with Crippen LogP contribution in [0.4, 0.5) is 0 Å². The van der Waals surface area contributed by atoms with Crippen LogP contribution in [0, 0.1) is 59.0 Å². The summed E-state index contributed by atoms with van der Waals surface area (Å²) in [7, 11) is -4.49. The summed E-state index contributed by atoms with van der Waals surface area (Å²) >= 11 is 0. The zero-order chi connectivity index (χ0) is 26.3. The van der Waals surface area contributed by atoms with Crippen molar-refractivity contribution in [2.24, 2.45) is 46.8 Å². The summed E-state index contributed by atoms with van der Waals surface area (Å²) < 4.78 is 48.2. The Morgan fingerprint density at radius 2 is 1.78 bits per heavy atom. The Bertz CT molecular complexity index is 1270. The quantitative estimate of drug-likeness (QED) is 0.443. The summed E-state index contributed by atoms with van der Waals surface area (Å²) in [5.41, 5.74) is -0.756. The van der Waals surface area contributed by atoms with E-state index in [1.807, 2.05) is 6.92 Å². The first kappa shape index (κ1) is 24.4. The maximum absolute atomic E-state index is 13.5. The number of esters is 3. The largest absolute Gasteiger partial charge is 0.425 e. The lowest BCUT2D eigenvalue weighted by atomic mass is 9.49. The number of Topliss-reactive ketones (excluding diaryl/α,β-unsaturated/α-hetero) is 1. The van der Waals surface area contributed by atoms with E-state index >= 15 is 0 Å². The number of ketones is 1. The molecular formula is C26H26O10S. The molecule has 7 rings (SSSR count). The summed E-state index contributed by atoms with van der Waals surface area (Å²) in [6, 6.07) is 6.75. The monoisotopic (exact) mass is 530 g/mol. The number of carbonyl (C=O) groups excluding carboxylic acids is 4. The van der Waals surface area contributed by atoms with Gasteiger partial charge in [0.05, 0.1) is 17.3 Å². The fourth-order valence-corrected chi connectivity index (χ4v) is 8.11. The van der Waals surface area contributed by atoms with Crippen molar-refractivity contribution in [3.05, 3.63) is 24.3 Å². The minimum absolute atomic E-state index is 0.119. The lowest BCUT2D eigenvalue weighted by Gasteiger charge is -2.54. The fourth-order valence-electron chi connectivity index (χ4n) is 7.69. The van der Waals surface area contributed by atoms with E-state index in [2.05, 4.69) is 12.1 Å². The molecule has 0 amide bonds. The molecule has 1 heterocycles. The summed E-state index contributed by atoms with van der Waals surface area (Å²) in [6.45, 7) is 1.82. The molecule has 11 heteroatoms. The lowest BCUT2D eigenvalue weighted by molar-refractivity contribution is -0.226. The van der Waals surface area contributed by atoms with E-state index in [0.29, 0.717) is 31.6 Å². The van der Waals surface area contributed by atoms with Gasteiger partial charge in [0.2, 0.25) is 0 Å². The van der Waals surface area contributed by atoms with Crippen LogP contribution in [0.2, 0.25) is 0 Å². The van der Waals surface area contributed by atoms with Gasteiger partial charge in [-0.2, -0.15) is 8.42 Å². The Labute approximate surface area is 213 Å². The minimum atomic E-state index is -4.49. The second-order valence-corrected chi connectivity index (χ2v) is 12.8. The molecule has 0 aromatic heterocycles. The van der Waals surface area contributed by atoms with Crippen molar-refractivity contribution in [3.63, 3.8) is 0 Å². The molecule has 7 unspecified atom stereocenters. The van der Waals surface area contributed by atoms with Gasteiger partial charge in [0.1, 0.15) is 10.7 Å². The minimum Gasteiger partial charge on any atom is -0.425 e. The van der Waals surface area contributed by atoms with Crippen LogP contribution in [0.1, 0.15) is 45.4 Å². The average molecular weight is 531 g/mol. The maximum atomic E-state index is 13.5. The van der Waals surface area contributed by atoms with Crippen molar-refractivity contribution in [1.29, 1.82) is 0 Å². The van der Waals surface area contributed by atoms with Gasteiger partial charge in [-0.15, -0.1) is 0 Å². The highest BCUT2D eigenvalue weighted by atomic mass is 32.2. The second kappa shape index (κ2) is 8.27. The summed E-state index contributed by atoms with van der Waals surface area (Å²) in [4.78, 5) is 51.6. The van der Waals surface area contributed by atoms with Crippen LogP contribution < -0.4 is 4.74 Å². The number of fused-ring (bicyclic) bond motifs is 2. The molecule has 5 saturated carbocycles. The first-order valence-corrected chi connectivity index (χ1v) is 14.0. The van der Waals surface area contributed by atoms with Gasteiger partial charge in [-0.25, -0.2) is 0 Å². The first-order chi connectivity index (χ1) is 17.4. The smallest absolute Gasteiger partial charge is 0.316 e. The Kier molecular flexibility index (Phi) is 5.44. The molecule has 6 fully saturated rings. The van der Waals surface area contributed by atoms with Gasteiger partial charge in [0, 0.05) is 17.8 Å². The predicted octanol–water partition coefficient (Wildman–Crippen LogP) is 2.15. The summed E-state index contributed by atoms with van der Waals surface area (Å²) in [5.74, 6) is -4.18. The third-order valence-electron chi connectivity index (χ3n) is 9.07. The maximum Gasteiger partial charge on any atom is 0.316 e. The van der Waals surface area contributed by atoms with Crippen LogP contribution >= 0.6 is 0 Å². The summed E-state index contributed by atoms with van der Waals surface area (Å²) in [5, 5.41) is 0. The first-order valence-electron chi connectivity index (χ1n) is 12.5. The molecule has 1 saturated heterocycles. The molecule has 10 nitrogen and oxygen atoms in total. The van der Waals surface area contributed by atoms with Gasteiger partial charge in [-0.1, -0.05) is 6.92 Å². The molecule has 0 radical (unpaired) electrons. The number of ether oxygens (including phenoxy) is 3. The van der Waals surface area contributed by atoms with Crippen LogP contribution in [0.15, 0.2) is 17.0 Å². The van der Waals surface area contributed by atoms with E-state index in [9.17, 15) is 27.6 Å². The average Bonchev–Trinajstić information content (AvgIpc) is 3.12. The third-order valence-corrected chi connectivity index (χ3v) is 9.86. The SMILES string of the molecule is CC1CC2C(OC(=O)C34CC5CC(C3)C(=O)C(C5)C4)OC(=O)C1C2C(=O)Oc1c#cc(S(=O)(=O)O)cc1. The van der Waals surface area contributed by atoms with E-state index in [1.165, 1.54) is 0 Å². The van der Waals surface area contributed by atoms with E-state index in [4.69, 9.17) is 18.8 Å². The van der Waals surface area contributed by atoms with E-state index in [0.717, 1.165) is 25.0 Å². The highest BCUT2D eigenvalue weighted by Gasteiger charge is 2.62. The van der Waals surface area contributed by atoms with E-state index in [-0.39, 0.29) is 29.3 Å². The number of carbonyl (C=O) groups is 4. The number of rotatable bonds is 5. The molecule has 5 aliphatic carbocycles. The van der Waals surface area contributed by atoms with Crippen LogP contribution in [0.25, 0.3) is 0 Å². The van der Waals surface area contributed by atoms with Crippen LogP contribution in [0.3, 0.4) is 0 Å².